The highest BCUT2D eigenvalue weighted by atomic mass is 19.1. The zero-order valence-electron chi connectivity index (χ0n) is 12.1. The monoisotopic (exact) mass is 252 g/mol. The summed E-state index contributed by atoms with van der Waals surface area (Å²) in [5.41, 5.74) is 1.12. The molecule has 0 aliphatic carbocycles. The molecule has 0 saturated heterocycles. The van der Waals surface area contributed by atoms with Crippen molar-refractivity contribution in [1.29, 1.82) is 0 Å². The van der Waals surface area contributed by atoms with Gasteiger partial charge in [0, 0.05) is 24.8 Å². The van der Waals surface area contributed by atoms with E-state index in [0.717, 1.165) is 18.8 Å². The SMILES string of the molecule is CCN(CC(NC)C(C)(C)C)c1cccc(F)c1. The number of hydrogen-bond donors (Lipinski definition) is 1. The smallest absolute Gasteiger partial charge is 0.125 e. The van der Waals surface area contributed by atoms with Crippen molar-refractivity contribution in [2.45, 2.75) is 33.7 Å². The van der Waals surface area contributed by atoms with Crippen molar-refractivity contribution in [3.63, 3.8) is 0 Å². The van der Waals surface area contributed by atoms with E-state index in [0.29, 0.717) is 6.04 Å². The maximum absolute atomic E-state index is 13.3. The maximum atomic E-state index is 13.3. The highest BCUT2D eigenvalue weighted by molar-refractivity contribution is 5.46. The van der Waals surface area contributed by atoms with Crippen LogP contribution in [-0.2, 0) is 0 Å². The summed E-state index contributed by atoms with van der Waals surface area (Å²) >= 11 is 0. The van der Waals surface area contributed by atoms with Crippen LogP contribution in [0.2, 0.25) is 0 Å². The van der Waals surface area contributed by atoms with Gasteiger partial charge in [-0.25, -0.2) is 4.39 Å². The molecular weight excluding hydrogens is 227 g/mol. The summed E-state index contributed by atoms with van der Waals surface area (Å²) in [5.74, 6) is -0.178. The zero-order valence-corrected chi connectivity index (χ0v) is 12.1. The molecule has 0 spiro atoms. The van der Waals surface area contributed by atoms with Crippen molar-refractivity contribution in [3.8, 4) is 0 Å². The predicted molar refractivity (Wildman–Crippen MR) is 76.6 cm³/mol. The quantitative estimate of drug-likeness (QED) is 0.865. The van der Waals surface area contributed by atoms with E-state index in [1.165, 1.54) is 6.07 Å². The van der Waals surface area contributed by atoms with Crippen LogP contribution in [0, 0.1) is 11.2 Å². The Morgan fingerprint density at radius 2 is 2.00 bits per heavy atom. The lowest BCUT2D eigenvalue weighted by molar-refractivity contribution is 0.283. The number of anilines is 1. The minimum Gasteiger partial charge on any atom is -0.370 e. The molecule has 102 valence electrons. The van der Waals surface area contributed by atoms with Gasteiger partial charge in [0.2, 0.25) is 0 Å². The van der Waals surface area contributed by atoms with Gasteiger partial charge in [-0.05, 0) is 37.6 Å². The lowest BCUT2D eigenvalue weighted by Crippen LogP contribution is -2.47. The van der Waals surface area contributed by atoms with Gasteiger partial charge in [-0.2, -0.15) is 0 Å². The van der Waals surface area contributed by atoms with Crippen LogP contribution in [-0.4, -0.2) is 26.2 Å². The lowest BCUT2D eigenvalue weighted by atomic mass is 9.86. The number of halogens is 1. The normalized spacial score (nSPS) is 13.4. The molecule has 3 heteroatoms. The van der Waals surface area contributed by atoms with E-state index in [1.54, 1.807) is 12.1 Å². The van der Waals surface area contributed by atoms with Crippen LogP contribution in [0.1, 0.15) is 27.7 Å². The molecule has 1 rings (SSSR count). The van der Waals surface area contributed by atoms with Crippen molar-refractivity contribution in [3.05, 3.63) is 30.1 Å². The molecule has 1 aromatic rings. The summed E-state index contributed by atoms with van der Waals surface area (Å²) in [6, 6.07) is 7.16. The van der Waals surface area contributed by atoms with Gasteiger partial charge in [-0.15, -0.1) is 0 Å². The van der Waals surface area contributed by atoms with E-state index in [4.69, 9.17) is 0 Å². The fourth-order valence-electron chi connectivity index (χ4n) is 2.11. The first-order chi connectivity index (χ1) is 8.38. The van der Waals surface area contributed by atoms with Crippen LogP contribution in [0.5, 0.6) is 0 Å². The van der Waals surface area contributed by atoms with Crippen LogP contribution >= 0.6 is 0 Å². The van der Waals surface area contributed by atoms with E-state index in [1.807, 2.05) is 13.1 Å². The number of benzene rings is 1. The fraction of sp³-hybridized carbons (Fsp3) is 0.600. The predicted octanol–water partition coefficient (Wildman–Crippen LogP) is 3.29. The van der Waals surface area contributed by atoms with Gasteiger partial charge < -0.3 is 10.2 Å². The Kier molecular flexibility index (Phi) is 5.15. The molecule has 0 aromatic heterocycles. The summed E-state index contributed by atoms with van der Waals surface area (Å²) < 4.78 is 13.3. The summed E-state index contributed by atoms with van der Waals surface area (Å²) in [5, 5.41) is 3.36. The van der Waals surface area contributed by atoms with Gasteiger partial charge in [-0.3, -0.25) is 0 Å². The average Bonchev–Trinajstić information content (AvgIpc) is 2.28. The van der Waals surface area contributed by atoms with Gasteiger partial charge >= 0.3 is 0 Å². The first-order valence-corrected chi connectivity index (χ1v) is 6.56. The third-order valence-corrected chi connectivity index (χ3v) is 3.35. The van der Waals surface area contributed by atoms with Crippen LogP contribution in [0.4, 0.5) is 10.1 Å². The van der Waals surface area contributed by atoms with Gasteiger partial charge in [0.15, 0.2) is 0 Å². The molecule has 1 unspecified atom stereocenters. The molecule has 0 bridgehead atoms. The van der Waals surface area contributed by atoms with E-state index < -0.39 is 0 Å². The standard InChI is InChI=1S/C15H25FN2/c1-6-18(11-14(17-5)15(2,3)4)13-9-7-8-12(16)10-13/h7-10,14,17H,6,11H2,1-5H3. The van der Waals surface area contributed by atoms with Gasteiger partial charge in [-0.1, -0.05) is 26.8 Å². The van der Waals surface area contributed by atoms with Crippen molar-refractivity contribution in [1.82, 2.24) is 5.32 Å². The number of likely N-dealkylation sites (N-methyl/N-ethyl adjacent to an activating group) is 2. The highest BCUT2D eigenvalue weighted by Gasteiger charge is 2.25. The molecule has 0 saturated carbocycles. The average molecular weight is 252 g/mol. The third-order valence-electron chi connectivity index (χ3n) is 3.35. The summed E-state index contributed by atoms with van der Waals surface area (Å²) in [7, 11) is 1.98. The Hall–Kier alpha value is -1.09. The fourth-order valence-corrected chi connectivity index (χ4v) is 2.11. The first kappa shape index (κ1) is 15.0. The van der Waals surface area contributed by atoms with E-state index >= 15 is 0 Å². The Bertz CT molecular complexity index is 371. The molecule has 0 radical (unpaired) electrons. The third kappa shape index (κ3) is 3.98. The van der Waals surface area contributed by atoms with Crippen molar-refractivity contribution < 1.29 is 4.39 Å². The van der Waals surface area contributed by atoms with Crippen molar-refractivity contribution in [2.24, 2.45) is 5.41 Å². The Labute approximate surface area is 110 Å². The van der Waals surface area contributed by atoms with Gasteiger partial charge in [0.05, 0.1) is 0 Å². The van der Waals surface area contributed by atoms with Gasteiger partial charge in [0.25, 0.3) is 0 Å². The summed E-state index contributed by atoms with van der Waals surface area (Å²) in [6.07, 6.45) is 0. The molecule has 0 amide bonds. The molecule has 2 nitrogen and oxygen atoms in total. The first-order valence-electron chi connectivity index (χ1n) is 6.56. The van der Waals surface area contributed by atoms with Crippen molar-refractivity contribution in [2.75, 3.05) is 25.0 Å². The maximum Gasteiger partial charge on any atom is 0.125 e. The van der Waals surface area contributed by atoms with Gasteiger partial charge in [0.1, 0.15) is 5.82 Å². The molecule has 0 aliphatic rings. The largest absolute Gasteiger partial charge is 0.370 e. The van der Waals surface area contributed by atoms with Crippen molar-refractivity contribution >= 4 is 5.69 Å². The second-order valence-electron chi connectivity index (χ2n) is 5.73. The zero-order chi connectivity index (χ0) is 13.8. The number of nitrogens with zero attached hydrogens (tertiary/aromatic N) is 1. The molecule has 0 aliphatic heterocycles. The molecule has 1 aromatic carbocycles. The van der Waals surface area contributed by atoms with E-state index in [-0.39, 0.29) is 11.2 Å². The van der Waals surface area contributed by atoms with Crippen LogP contribution < -0.4 is 10.2 Å². The molecule has 18 heavy (non-hydrogen) atoms. The van der Waals surface area contributed by atoms with E-state index in [9.17, 15) is 4.39 Å². The Morgan fingerprint density at radius 1 is 1.33 bits per heavy atom. The summed E-state index contributed by atoms with van der Waals surface area (Å²) in [4.78, 5) is 2.20. The topological polar surface area (TPSA) is 15.3 Å². The lowest BCUT2D eigenvalue weighted by Gasteiger charge is -2.36. The van der Waals surface area contributed by atoms with Crippen LogP contribution in [0.15, 0.2) is 24.3 Å². The molecule has 1 N–H and O–H groups in total. The minimum atomic E-state index is -0.178. The number of nitrogens with one attached hydrogen (secondary N) is 1. The summed E-state index contributed by atoms with van der Waals surface area (Å²) in [6.45, 7) is 10.5. The second kappa shape index (κ2) is 6.19. The minimum absolute atomic E-state index is 0.176. The van der Waals surface area contributed by atoms with Crippen LogP contribution in [0.25, 0.3) is 0 Å². The second-order valence-corrected chi connectivity index (χ2v) is 5.73. The molecular formula is C15H25FN2. The Morgan fingerprint density at radius 3 is 2.44 bits per heavy atom. The number of hydrogen-bond acceptors (Lipinski definition) is 2. The molecule has 0 fully saturated rings. The molecule has 0 heterocycles. The number of rotatable bonds is 5. The molecule has 1 atom stereocenters. The highest BCUT2D eigenvalue weighted by Crippen LogP contribution is 2.23. The van der Waals surface area contributed by atoms with Crippen LogP contribution in [0.3, 0.4) is 0 Å². The van der Waals surface area contributed by atoms with E-state index in [2.05, 4.69) is 37.9 Å². The Balaban J connectivity index is 2.84.